The molecule has 0 fully saturated rings. The number of allylic oxidation sites excluding steroid dienone is 2. The first-order valence-electron chi connectivity index (χ1n) is 3.61. The maximum atomic E-state index is 3.59. The molecule has 0 aliphatic rings. The van der Waals surface area contributed by atoms with Crippen LogP contribution in [0.4, 0.5) is 0 Å². The zero-order valence-corrected chi connectivity index (χ0v) is 6.40. The average molecular weight is 143 g/mol. The molecule has 0 N–H and O–H groups in total. The smallest absolute Gasteiger partial charge is 0.00448 e. The predicted molar refractivity (Wildman–Crippen MR) is 50.0 cm³/mol. The van der Waals surface area contributed by atoms with Gasteiger partial charge in [0.05, 0.1) is 0 Å². The summed E-state index contributed by atoms with van der Waals surface area (Å²) in [7, 11) is 0. The van der Waals surface area contributed by atoms with Crippen LogP contribution in [0.2, 0.25) is 0 Å². The van der Waals surface area contributed by atoms with E-state index in [0.29, 0.717) is 0 Å². The van der Waals surface area contributed by atoms with Crippen LogP contribution in [0.25, 0.3) is 6.08 Å². The minimum atomic E-state index is 1.21. The molecule has 1 rings (SSSR count). The van der Waals surface area contributed by atoms with Crippen molar-refractivity contribution in [3.63, 3.8) is 0 Å². The molecule has 0 heterocycles. The second-order valence-electron chi connectivity index (χ2n) is 2.20. The van der Waals surface area contributed by atoms with Gasteiger partial charge in [0.25, 0.3) is 0 Å². The van der Waals surface area contributed by atoms with Crippen LogP contribution in [-0.2, 0) is 0 Å². The van der Waals surface area contributed by atoms with Crippen LogP contribution in [0.1, 0.15) is 5.56 Å². The summed E-state index contributed by atoms with van der Waals surface area (Å²) in [5, 5.41) is 0. The zero-order valence-electron chi connectivity index (χ0n) is 6.40. The minimum Gasteiger partial charge on any atom is -0.102 e. The molecule has 0 spiro atoms. The van der Waals surface area contributed by atoms with E-state index in [1.807, 2.05) is 36.8 Å². The molecule has 0 atom stereocenters. The van der Waals surface area contributed by atoms with Crippen LogP contribution in [0.15, 0.2) is 49.1 Å². The molecule has 1 radical (unpaired) electrons. The quantitative estimate of drug-likeness (QED) is 0.610. The highest BCUT2D eigenvalue weighted by atomic mass is 13.9. The third-order valence-electron chi connectivity index (χ3n) is 1.34. The van der Waals surface area contributed by atoms with E-state index in [-0.39, 0.29) is 0 Å². The fourth-order valence-electron chi connectivity index (χ4n) is 0.809. The lowest BCUT2D eigenvalue weighted by molar-refractivity contribution is 1.65. The van der Waals surface area contributed by atoms with Crippen molar-refractivity contribution in [2.24, 2.45) is 0 Å². The summed E-state index contributed by atoms with van der Waals surface area (Å²) in [4.78, 5) is 0. The zero-order chi connectivity index (χ0) is 7.94. The Morgan fingerprint density at radius 2 is 1.82 bits per heavy atom. The summed E-state index contributed by atoms with van der Waals surface area (Å²) in [6.07, 6.45) is 7.69. The van der Waals surface area contributed by atoms with Crippen molar-refractivity contribution in [3.8, 4) is 0 Å². The fourth-order valence-corrected chi connectivity index (χ4v) is 0.809. The van der Waals surface area contributed by atoms with Gasteiger partial charge in [0.2, 0.25) is 0 Å². The summed E-state index contributed by atoms with van der Waals surface area (Å²) >= 11 is 0. The lowest BCUT2D eigenvalue weighted by Gasteiger charge is -1.88. The normalized spacial score (nSPS) is 10.2. The van der Waals surface area contributed by atoms with Gasteiger partial charge in [-0.3, -0.25) is 0 Å². The highest BCUT2D eigenvalue weighted by Gasteiger charge is 1.79. The Labute approximate surface area is 67.9 Å². The van der Waals surface area contributed by atoms with Gasteiger partial charge in [-0.25, -0.2) is 0 Å². The standard InChI is InChI=1S/C11H11/c1-2-3-5-8-11-9-6-4-7-10-11/h2-10H,1H2. The van der Waals surface area contributed by atoms with E-state index in [2.05, 4.69) is 18.7 Å². The fraction of sp³-hybridized carbons (Fsp3) is 0. The van der Waals surface area contributed by atoms with Crippen LogP contribution >= 0.6 is 0 Å². The number of rotatable bonds is 3. The van der Waals surface area contributed by atoms with Crippen LogP contribution in [0, 0.1) is 6.42 Å². The number of benzene rings is 1. The molecule has 0 saturated carbocycles. The van der Waals surface area contributed by atoms with Gasteiger partial charge in [0.1, 0.15) is 0 Å². The van der Waals surface area contributed by atoms with Crippen molar-refractivity contribution in [1.82, 2.24) is 0 Å². The summed E-state index contributed by atoms with van der Waals surface area (Å²) < 4.78 is 0. The third kappa shape index (κ3) is 2.85. The van der Waals surface area contributed by atoms with Crippen molar-refractivity contribution < 1.29 is 0 Å². The average Bonchev–Trinajstić information content (AvgIpc) is 2.07. The van der Waals surface area contributed by atoms with Gasteiger partial charge in [-0.05, 0) is 5.56 Å². The van der Waals surface area contributed by atoms with Gasteiger partial charge in [-0.1, -0.05) is 48.6 Å². The molecule has 0 saturated heterocycles. The summed E-state index contributed by atoms with van der Waals surface area (Å²) in [6, 6.07) is 10.2. The molecule has 0 aromatic heterocycles. The van der Waals surface area contributed by atoms with Crippen molar-refractivity contribution in [3.05, 3.63) is 61.0 Å². The molecule has 0 aliphatic carbocycles. The van der Waals surface area contributed by atoms with Crippen LogP contribution in [0.3, 0.4) is 0 Å². The van der Waals surface area contributed by atoms with E-state index in [0.717, 1.165) is 0 Å². The van der Waals surface area contributed by atoms with Crippen LogP contribution in [-0.4, -0.2) is 0 Å². The summed E-state index contributed by atoms with van der Waals surface area (Å²) in [6.45, 7) is 3.59. The van der Waals surface area contributed by atoms with Crippen LogP contribution in [0.5, 0.6) is 0 Å². The highest BCUT2D eigenvalue weighted by molar-refractivity contribution is 5.50. The predicted octanol–water partition coefficient (Wildman–Crippen LogP) is 3.09. The van der Waals surface area contributed by atoms with E-state index in [4.69, 9.17) is 0 Å². The molecule has 0 amide bonds. The SMILES string of the molecule is C=C[CH]C=Cc1ccccc1. The van der Waals surface area contributed by atoms with Crippen molar-refractivity contribution in [2.45, 2.75) is 0 Å². The first-order chi connectivity index (χ1) is 5.43. The molecule has 55 valence electrons. The summed E-state index contributed by atoms with van der Waals surface area (Å²) in [5.74, 6) is 0. The Kier molecular flexibility index (Phi) is 3.20. The Morgan fingerprint density at radius 3 is 2.45 bits per heavy atom. The molecule has 0 heteroatoms. The molecule has 11 heavy (non-hydrogen) atoms. The summed E-state index contributed by atoms with van der Waals surface area (Å²) in [5.41, 5.74) is 1.21. The maximum absolute atomic E-state index is 3.59. The van der Waals surface area contributed by atoms with E-state index in [1.165, 1.54) is 5.56 Å². The monoisotopic (exact) mass is 143 g/mol. The van der Waals surface area contributed by atoms with Gasteiger partial charge in [0, 0.05) is 6.42 Å². The van der Waals surface area contributed by atoms with Crippen LogP contribution < -0.4 is 0 Å². The topological polar surface area (TPSA) is 0 Å². The second-order valence-corrected chi connectivity index (χ2v) is 2.20. The van der Waals surface area contributed by atoms with Crippen molar-refractivity contribution in [1.29, 1.82) is 0 Å². The highest BCUT2D eigenvalue weighted by Crippen LogP contribution is 2.00. The first-order valence-corrected chi connectivity index (χ1v) is 3.61. The first kappa shape index (κ1) is 7.80. The Bertz CT molecular complexity index is 231. The molecule has 0 bridgehead atoms. The van der Waals surface area contributed by atoms with Crippen molar-refractivity contribution >= 4 is 6.08 Å². The molecular formula is C11H11. The molecule has 0 unspecified atom stereocenters. The Morgan fingerprint density at radius 1 is 1.09 bits per heavy atom. The lowest BCUT2D eigenvalue weighted by atomic mass is 10.2. The Hall–Kier alpha value is -1.30. The molecule has 0 aliphatic heterocycles. The maximum Gasteiger partial charge on any atom is 0.00448 e. The second kappa shape index (κ2) is 4.51. The van der Waals surface area contributed by atoms with E-state index >= 15 is 0 Å². The molecule has 1 aromatic rings. The van der Waals surface area contributed by atoms with E-state index in [9.17, 15) is 0 Å². The third-order valence-corrected chi connectivity index (χ3v) is 1.34. The van der Waals surface area contributed by atoms with E-state index < -0.39 is 0 Å². The minimum absolute atomic E-state index is 1.21. The van der Waals surface area contributed by atoms with Gasteiger partial charge >= 0.3 is 0 Å². The molecule has 0 nitrogen and oxygen atoms in total. The van der Waals surface area contributed by atoms with E-state index in [1.54, 1.807) is 6.08 Å². The lowest BCUT2D eigenvalue weighted by Crippen LogP contribution is -1.67. The van der Waals surface area contributed by atoms with Gasteiger partial charge in [-0.2, -0.15) is 0 Å². The number of hydrogen-bond acceptors (Lipinski definition) is 0. The Balaban J connectivity index is 2.57. The molecular weight excluding hydrogens is 132 g/mol. The van der Waals surface area contributed by atoms with Gasteiger partial charge < -0.3 is 0 Å². The van der Waals surface area contributed by atoms with Gasteiger partial charge in [0.15, 0.2) is 0 Å². The van der Waals surface area contributed by atoms with Gasteiger partial charge in [-0.15, -0.1) is 6.58 Å². The molecule has 1 aromatic carbocycles. The number of hydrogen-bond donors (Lipinski definition) is 0. The van der Waals surface area contributed by atoms with Crippen molar-refractivity contribution in [2.75, 3.05) is 0 Å². The largest absolute Gasteiger partial charge is 0.102 e.